The van der Waals surface area contributed by atoms with E-state index in [-0.39, 0.29) is 24.1 Å². The summed E-state index contributed by atoms with van der Waals surface area (Å²) < 4.78 is 38.4. The normalized spacial score (nSPS) is 21.5. The van der Waals surface area contributed by atoms with Crippen LogP contribution in [0.5, 0.6) is 0 Å². The number of anilines is 1. The van der Waals surface area contributed by atoms with Gasteiger partial charge in [0.15, 0.2) is 0 Å². The summed E-state index contributed by atoms with van der Waals surface area (Å²) in [5, 5.41) is 5.25. The zero-order valence-electron chi connectivity index (χ0n) is 18.6. The monoisotopic (exact) mass is 475 g/mol. The zero-order chi connectivity index (χ0) is 24.3. The SMILES string of the molecule is Nc1cccnc1[C@H]1CC[C@@H](N2CC(NC(=O)CNC(=O)c3cccc(C(F)(F)F)c3)C2)CC1. The van der Waals surface area contributed by atoms with E-state index in [1.54, 1.807) is 6.20 Å². The maximum atomic E-state index is 12.8. The third kappa shape index (κ3) is 5.67. The van der Waals surface area contributed by atoms with Crippen LogP contribution in [-0.4, -0.2) is 53.4 Å². The van der Waals surface area contributed by atoms with Crippen LogP contribution in [0.1, 0.15) is 53.2 Å². The van der Waals surface area contributed by atoms with Gasteiger partial charge in [0.25, 0.3) is 5.91 Å². The molecule has 0 unspecified atom stereocenters. The van der Waals surface area contributed by atoms with Crippen LogP contribution >= 0.6 is 0 Å². The quantitative estimate of drug-likeness (QED) is 0.597. The number of nitrogens with zero attached hydrogens (tertiary/aromatic N) is 2. The Labute approximate surface area is 195 Å². The highest BCUT2D eigenvalue weighted by Gasteiger charge is 2.36. The second-order valence-corrected chi connectivity index (χ2v) is 8.96. The van der Waals surface area contributed by atoms with Crippen molar-refractivity contribution in [1.82, 2.24) is 20.5 Å². The maximum Gasteiger partial charge on any atom is 0.416 e. The summed E-state index contributed by atoms with van der Waals surface area (Å²) in [5.74, 6) is -0.698. The highest BCUT2D eigenvalue weighted by molar-refractivity contribution is 5.96. The van der Waals surface area contributed by atoms with Gasteiger partial charge in [-0.3, -0.25) is 19.5 Å². The molecule has 7 nitrogen and oxygen atoms in total. The van der Waals surface area contributed by atoms with Crippen LogP contribution in [-0.2, 0) is 11.0 Å². The van der Waals surface area contributed by atoms with Gasteiger partial charge in [-0.2, -0.15) is 13.2 Å². The van der Waals surface area contributed by atoms with Gasteiger partial charge < -0.3 is 16.4 Å². The molecule has 182 valence electrons. The Morgan fingerprint density at radius 3 is 2.50 bits per heavy atom. The molecule has 2 aromatic rings. The van der Waals surface area contributed by atoms with Crippen molar-refractivity contribution in [2.45, 2.75) is 49.9 Å². The molecule has 4 rings (SSSR count). The largest absolute Gasteiger partial charge is 0.416 e. The first kappa shape index (κ1) is 24.0. The average molecular weight is 476 g/mol. The second-order valence-electron chi connectivity index (χ2n) is 8.96. The Kier molecular flexibility index (Phi) is 7.06. The van der Waals surface area contributed by atoms with Gasteiger partial charge in [-0.1, -0.05) is 6.07 Å². The van der Waals surface area contributed by atoms with Crippen LogP contribution in [0.25, 0.3) is 0 Å². The van der Waals surface area contributed by atoms with Gasteiger partial charge in [0.2, 0.25) is 5.91 Å². The standard InChI is InChI=1S/C24H28F3N5O2/c25-24(26,27)17-4-1-3-16(11-17)23(34)30-12-21(33)31-18-13-32(14-18)19-8-6-15(7-9-19)22-20(28)5-2-10-29-22/h1-5,10-11,15,18-19H,6-9,12-14,28H2,(H,30,34)(H,31,33)/t15-,19+. The lowest BCUT2D eigenvalue weighted by molar-refractivity contribution is -0.137. The fourth-order valence-corrected chi connectivity index (χ4v) is 4.77. The number of carbonyl (C=O) groups is 2. The van der Waals surface area contributed by atoms with E-state index in [9.17, 15) is 22.8 Å². The van der Waals surface area contributed by atoms with Crippen molar-refractivity contribution in [3.63, 3.8) is 0 Å². The summed E-state index contributed by atoms with van der Waals surface area (Å²) in [5.41, 5.74) is 6.75. The molecule has 1 saturated carbocycles. The van der Waals surface area contributed by atoms with E-state index in [4.69, 9.17) is 5.73 Å². The predicted octanol–water partition coefficient (Wildman–Crippen LogP) is 2.94. The van der Waals surface area contributed by atoms with Crippen LogP contribution in [0.3, 0.4) is 0 Å². The Hall–Kier alpha value is -3.14. The number of nitrogens with one attached hydrogen (secondary N) is 2. The molecule has 1 aromatic carbocycles. The molecule has 10 heteroatoms. The van der Waals surface area contributed by atoms with Crippen LogP contribution in [0.2, 0.25) is 0 Å². The van der Waals surface area contributed by atoms with Crippen molar-refractivity contribution in [2.24, 2.45) is 0 Å². The lowest BCUT2D eigenvalue weighted by Gasteiger charge is -2.46. The van der Waals surface area contributed by atoms with E-state index >= 15 is 0 Å². The molecule has 1 aromatic heterocycles. The number of likely N-dealkylation sites (tertiary alicyclic amines) is 1. The van der Waals surface area contributed by atoms with Gasteiger partial charge in [-0.15, -0.1) is 0 Å². The Morgan fingerprint density at radius 1 is 1.09 bits per heavy atom. The van der Waals surface area contributed by atoms with Crippen molar-refractivity contribution in [3.8, 4) is 0 Å². The summed E-state index contributed by atoms with van der Waals surface area (Å²) in [6.07, 6.45) is 1.40. The summed E-state index contributed by atoms with van der Waals surface area (Å²) in [6.45, 7) is 1.20. The predicted molar refractivity (Wildman–Crippen MR) is 121 cm³/mol. The van der Waals surface area contributed by atoms with Gasteiger partial charge >= 0.3 is 6.18 Å². The molecule has 1 aliphatic heterocycles. The molecule has 1 saturated heterocycles. The van der Waals surface area contributed by atoms with Crippen LogP contribution in [0, 0.1) is 0 Å². The van der Waals surface area contributed by atoms with E-state index in [1.807, 2.05) is 12.1 Å². The molecule has 2 aliphatic rings. The van der Waals surface area contributed by atoms with Crippen molar-refractivity contribution < 1.29 is 22.8 Å². The minimum Gasteiger partial charge on any atom is -0.397 e. The lowest BCUT2D eigenvalue weighted by Crippen LogP contribution is -2.63. The van der Waals surface area contributed by atoms with E-state index < -0.39 is 17.6 Å². The van der Waals surface area contributed by atoms with E-state index in [1.165, 1.54) is 12.1 Å². The highest BCUT2D eigenvalue weighted by Crippen LogP contribution is 2.37. The molecule has 34 heavy (non-hydrogen) atoms. The van der Waals surface area contributed by atoms with Crippen LogP contribution in [0.15, 0.2) is 42.6 Å². The van der Waals surface area contributed by atoms with Crippen LogP contribution < -0.4 is 16.4 Å². The highest BCUT2D eigenvalue weighted by atomic mass is 19.4. The number of aromatic nitrogens is 1. The van der Waals surface area contributed by atoms with Gasteiger partial charge in [0.1, 0.15) is 0 Å². The molecule has 0 spiro atoms. The number of carbonyl (C=O) groups excluding carboxylic acids is 2. The molecular formula is C24H28F3N5O2. The zero-order valence-corrected chi connectivity index (χ0v) is 18.6. The molecule has 2 amide bonds. The molecule has 0 radical (unpaired) electrons. The van der Waals surface area contributed by atoms with Crippen LogP contribution in [0.4, 0.5) is 18.9 Å². The summed E-state index contributed by atoms with van der Waals surface area (Å²) in [6, 6.07) is 8.31. The number of benzene rings is 1. The molecule has 0 atom stereocenters. The second kappa shape index (κ2) is 10.0. The Bertz CT molecular complexity index is 1030. The topological polar surface area (TPSA) is 100 Å². The van der Waals surface area contributed by atoms with Gasteiger partial charge in [0, 0.05) is 36.8 Å². The number of rotatable bonds is 6. The molecule has 1 aliphatic carbocycles. The van der Waals surface area contributed by atoms with Gasteiger partial charge in [0.05, 0.1) is 29.5 Å². The first-order chi connectivity index (χ1) is 16.2. The summed E-state index contributed by atoms with van der Waals surface area (Å²) in [4.78, 5) is 31.1. The third-order valence-electron chi connectivity index (χ3n) is 6.61. The van der Waals surface area contributed by atoms with E-state index in [0.29, 0.717) is 12.0 Å². The lowest BCUT2D eigenvalue weighted by atomic mass is 9.81. The number of alkyl halides is 3. The minimum absolute atomic E-state index is 0.00196. The number of amides is 2. The molecular weight excluding hydrogens is 447 g/mol. The number of nitrogen functional groups attached to an aromatic ring is 1. The van der Waals surface area contributed by atoms with Crippen molar-refractivity contribution in [3.05, 3.63) is 59.4 Å². The first-order valence-corrected chi connectivity index (χ1v) is 11.4. The molecule has 2 fully saturated rings. The van der Waals surface area contributed by atoms with E-state index in [0.717, 1.165) is 62.3 Å². The number of hydrogen-bond donors (Lipinski definition) is 3. The number of halogens is 3. The Balaban J connectivity index is 1.16. The van der Waals surface area contributed by atoms with Gasteiger partial charge in [-0.05, 0) is 56.0 Å². The van der Waals surface area contributed by atoms with Crippen molar-refractivity contribution in [2.75, 3.05) is 25.4 Å². The minimum atomic E-state index is -4.53. The average Bonchev–Trinajstić information content (AvgIpc) is 2.79. The van der Waals surface area contributed by atoms with Crippen molar-refractivity contribution in [1.29, 1.82) is 0 Å². The first-order valence-electron chi connectivity index (χ1n) is 11.4. The third-order valence-corrected chi connectivity index (χ3v) is 6.61. The number of hydrogen-bond acceptors (Lipinski definition) is 5. The number of nitrogens with two attached hydrogens (primary N) is 1. The molecule has 4 N–H and O–H groups in total. The Morgan fingerprint density at radius 2 is 1.82 bits per heavy atom. The summed E-state index contributed by atoms with van der Waals surface area (Å²) in [7, 11) is 0. The fourth-order valence-electron chi connectivity index (χ4n) is 4.77. The maximum absolute atomic E-state index is 12.8. The number of pyridine rings is 1. The van der Waals surface area contributed by atoms with Gasteiger partial charge in [-0.25, -0.2) is 0 Å². The molecule has 0 bridgehead atoms. The molecule has 2 heterocycles. The van der Waals surface area contributed by atoms with E-state index in [2.05, 4.69) is 20.5 Å². The van der Waals surface area contributed by atoms with Crippen molar-refractivity contribution >= 4 is 17.5 Å². The fraction of sp³-hybridized carbons (Fsp3) is 0.458. The smallest absolute Gasteiger partial charge is 0.397 e. The summed E-state index contributed by atoms with van der Waals surface area (Å²) >= 11 is 0.